The minimum Gasteiger partial charge on any atom is -0.507 e. The van der Waals surface area contributed by atoms with Gasteiger partial charge in [0.05, 0.1) is 40.3 Å². The molecule has 4 N–H and O–H groups in total. The maximum absolute atomic E-state index is 12.2. The number of phenolic OH excluding ortho intramolecular Hbond substituents is 1. The highest BCUT2D eigenvalue weighted by molar-refractivity contribution is 7.86. The predicted molar refractivity (Wildman–Crippen MR) is 122 cm³/mol. The van der Waals surface area contributed by atoms with Crippen molar-refractivity contribution in [3.05, 3.63) is 53.6 Å². The van der Waals surface area contributed by atoms with Gasteiger partial charge in [0.15, 0.2) is 0 Å². The molecule has 0 fully saturated rings. The van der Waals surface area contributed by atoms with Gasteiger partial charge in [-0.2, -0.15) is 8.42 Å². The first kappa shape index (κ1) is 24.6. The van der Waals surface area contributed by atoms with E-state index in [0.29, 0.717) is 0 Å². The summed E-state index contributed by atoms with van der Waals surface area (Å²) in [5.74, 6) is -2.42. The number of carboxylic acids is 1. The molecule has 178 valence electrons. The van der Waals surface area contributed by atoms with E-state index in [9.17, 15) is 28.2 Å². The van der Waals surface area contributed by atoms with Crippen molar-refractivity contribution in [3.8, 4) is 5.75 Å². The molecule has 3 rings (SSSR count). The molecule has 12 heteroatoms. The molecule has 0 aliphatic heterocycles. The number of aromatic hydroxyl groups is 1. The highest BCUT2D eigenvalue weighted by Gasteiger charge is 2.20. The second kappa shape index (κ2) is 9.85. The lowest BCUT2D eigenvalue weighted by molar-refractivity contribution is 0.0525. The van der Waals surface area contributed by atoms with Crippen LogP contribution in [0.4, 0.5) is 17.1 Å². The summed E-state index contributed by atoms with van der Waals surface area (Å²) in [5, 5.41) is 28.4. The summed E-state index contributed by atoms with van der Waals surface area (Å²) in [4.78, 5) is 23.4. The van der Waals surface area contributed by atoms with E-state index >= 15 is 0 Å². The zero-order valence-corrected chi connectivity index (χ0v) is 19.0. The van der Waals surface area contributed by atoms with Crippen molar-refractivity contribution in [2.75, 3.05) is 18.9 Å². The second-order valence-electron chi connectivity index (χ2n) is 6.86. The molecule has 3 aromatic carbocycles. The molecule has 0 aromatic heterocycles. The number of nitrogens with two attached hydrogens (primary N) is 1. The van der Waals surface area contributed by atoms with E-state index in [1.165, 1.54) is 43.3 Å². The van der Waals surface area contributed by atoms with Gasteiger partial charge in [-0.1, -0.05) is 6.07 Å². The third-order valence-electron chi connectivity index (χ3n) is 4.63. The van der Waals surface area contributed by atoms with Gasteiger partial charge in [0.1, 0.15) is 17.1 Å². The molecule has 0 radical (unpaired) electrons. The van der Waals surface area contributed by atoms with Gasteiger partial charge >= 0.3 is 11.9 Å². The molecule has 0 amide bonds. The SMILES string of the molecule is CCOC(=O)c1ccc(C(=O)O)c(N=Nc2c(N)ccc3cc(S(=O)(=O)OCC)cc(O)c23)c1. The monoisotopic (exact) mass is 487 g/mol. The summed E-state index contributed by atoms with van der Waals surface area (Å²) in [6, 6.07) is 8.88. The van der Waals surface area contributed by atoms with E-state index < -0.39 is 27.8 Å². The number of ether oxygens (including phenoxy) is 1. The lowest BCUT2D eigenvalue weighted by Crippen LogP contribution is -2.06. The quantitative estimate of drug-likeness (QED) is 0.182. The number of carbonyl (C=O) groups is 2. The molecule has 0 aliphatic carbocycles. The molecule has 0 heterocycles. The van der Waals surface area contributed by atoms with Gasteiger partial charge in [-0.25, -0.2) is 9.59 Å². The van der Waals surface area contributed by atoms with Crippen molar-refractivity contribution in [3.63, 3.8) is 0 Å². The highest BCUT2D eigenvalue weighted by atomic mass is 32.2. The molecule has 3 aromatic rings. The number of hydrogen-bond acceptors (Lipinski definition) is 10. The van der Waals surface area contributed by atoms with Gasteiger partial charge in [-0.15, -0.1) is 10.2 Å². The van der Waals surface area contributed by atoms with Crippen LogP contribution in [0.2, 0.25) is 0 Å². The number of azo groups is 1. The summed E-state index contributed by atoms with van der Waals surface area (Å²) < 4.78 is 34.2. The molecule has 0 bridgehead atoms. The number of carboxylic acid groups (broad SMARTS) is 1. The number of rotatable bonds is 8. The molecule has 34 heavy (non-hydrogen) atoms. The van der Waals surface area contributed by atoms with Crippen LogP contribution in [0.3, 0.4) is 0 Å². The normalized spacial score (nSPS) is 11.7. The average molecular weight is 487 g/mol. The molecule has 0 atom stereocenters. The van der Waals surface area contributed by atoms with E-state index in [-0.39, 0.29) is 57.1 Å². The first-order chi connectivity index (χ1) is 16.1. The Morgan fingerprint density at radius 3 is 2.41 bits per heavy atom. The summed E-state index contributed by atoms with van der Waals surface area (Å²) in [6.45, 7) is 3.19. The number of anilines is 1. The molecule has 0 unspecified atom stereocenters. The van der Waals surface area contributed by atoms with Crippen LogP contribution < -0.4 is 5.73 Å². The minimum atomic E-state index is -4.09. The number of benzene rings is 3. The van der Waals surface area contributed by atoms with Crippen LogP contribution in [0, 0.1) is 0 Å². The average Bonchev–Trinajstić information content (AvgIpc) is 2.78. The Morgan fingerprint density at radius 1 is 1.03 bits per heavy atom. The molecule has 0 aliphatic rings. The maximum atomic E-state index is 12.2. The first-order valence-corrected chi connectivity index (χ1v) is 11.4. The third-order valence-corrected chi connectivity index (χ3v) is 5.99. The Bertz CT molecular complexity index is 1420. The number of aromatic carboxylic acids is 1. The zero-order valence-electron chi connectivity index (χ0n) is 18.2. The summed E-state index contributed by atoms with van der Waals surface area (Å²) in [6.07, 6.45) is 0. The Hall–Kier alpha value is -4.03. The van der Waals surface area contributed by atoms with Crippen LogP contribution in [-0.2, 0) is 19.0 Å². The van der Waals surface area contributed by atoms with Crippen molar-refractivity contribution in [1.29, 1.82) is 0 Å². The van der Waals surface area contributed by atoms with Crippen LogP contribution in [0.1, 0.15) is 34.6 Å². The largest absolute Gasteiger partial charge is 0.507 e. The van der Waals surface area contributed by atoms with Crippen LogP contribution >= 0.6 is 0 Å². The van der Waals surface area contributed by atoms with Crippen LogP contribution in [0.25, 0.3) is 10.8 Å². The number of fused-ring (bicyclic) bond motifs is 1. The van der Waals surface area contributed by atoms with Crippen LogP contribution in [0.5, 0.6) is 5.75 Å². The highest BCUT2D eigenvalue weighted by Crippen LogP contribution is 2.40. The number of phenols is 1. The van der Waals surface area contributed by atoms with Gasteiger partial charge in [-0.05, 0) is 49.6 Å². The smallest absolute Gasteiger partial charge is 0.338 e. The summed E-state index contributed by atoms with van der Waals surface area (Å²) in [7, 11) is -4.09. The van der Waals surface area contributed by atoms with Gasteiger partial charge < -0.3 is 20.7 Å². The molecular formula is C22H21N3O8S. The van der Waals surface area contributed by atoms with Gasteiger partial charge in [0.2, 0.25) is 0 Å². The Morgan fingerprint density at radius 2 is 1.76 bits per heavy atom. The van der Waals surface area contributed by atoms with Crippen molar-refractivity contribution in [2.45, 2.75) is 18.7 Å². The molecular weight excluding hydrogens is 466 g/mol. The van der Waals surface area contributed by atoms with Crippen molar-refractivity contribution >= 4 is 49.9 Å². The second-order valence-corrected chi connectivity index (χ2v) is 8.48. The predicted octanol–water partition coefficient (Wildman–Crippen LogP) is 4.14. The fourth-order valence-corrected chi connectivity index (χ4v) is 4.10. The molecule has 0 spiro atoms. The van der Waals surface area contributed by atoms with E-state index in [1.807, 2.05) is 0 Å². The number of nitrogens with zero attached hydrogens (tertiary/aromatic N) is 2. The van der Waals surface area contributed by atoms with Crippen molar-refractivity contribution in [2.24, 2.45) is 10.2 Å². The number of nitrogen functional groups attached to an aromatic ring is 1. The Balaban J connectivity index is 2.16. The Labute approximate surface area is 194 Å². The molecule has 0 saturated heterocycles. The zero-order chi connectivity index (χ0) is 25.0. The maximum Gasteiger partial charge on any atom is 0.338 e. The van der Waals surface area contributed by atoms with E-state index in [1.54, 1.807) is 6.92 Å². The summed E-state index contributed by atoms with van der Waals surface area (Å²) >= 11 is 0. The molecule has 0 saturated carbocycles. The lowest BCUT2D eigenvalue weighted by Gasteiger charge is -2.10. The Kier molecular flexibility index (Phi) is 7.13. The van der Waals surface area contributed by atoms with Gasteiger partial charge in [0.25, 0.3) is 10.1 Å². The fraction of sp³-hybridized carbons (Fsp3) is 0.182. The number of esters is 1. The summed E-state index contributed by atoms with van der Waals surface area (Å²) in [5.41, 5.74) is 5.77. The van der Waals surface area contributed by atoms with E-state index in [2.05, 4.69) is 10.2 Å². The van der Waals surface area contributed by atoms with E-state index in [4.69, 9.17) is 14.7 Å². The van der Waals surface area contributed by atoms with Crippen molar-refractivity contribution in [1.82, 2.24) is 0 Å². The lowest BCUT2D eigenvalue weighted by atomic mass is 10.1. The molecule has 11 nitrogen and oxygen atoms in total. The van der Waals surface area contributed by atoms with Crippen molar-refractivity contribution < 1.29 is 37.1 Å². The standard InChI is InChI=1S/C22H21N3O8S/c1-3-32-22(29)13-5-7-15(21(27)28)17(10-13)24-25-20-16(23)8-6-12-9-14(11-18(26)19(12)20)34(30,31)33-4-2/h5-11,26H,3-4,23H2,1-2H3,(H,27,28). The number of carbonyl (C=O) groups excluding carboxylic acids is 1. The van der Waals surface area contributed by atoms with Gasteiger partial charge in [-0.3, -0.25) is 4.18 Å². The van der Waals surface area contributed by atoms with Gasteiger partial charge in [0, 0.05) is 6.07 Å². The van der Waals surface area contributed by atoms with Crippen LogP contribution in [-0.4, -0.2) is 43.8 Å². The minimum absolute atomic E-state index is 0.0202. The topological polar surface area (TPSA) is 178 Å². The number of hydrogen-bond donors (Lipinski definition) is 3. The van der Waals surface area contributed by atoms with E-state index in [0.717, 1.165) is 6.07 Å². The fourth-order valence-electron chi connectivity index (χ4n) is 3.13. The van der Waals surface area contributed by atoms with Crippen LogP contribution in [0.15, 0.2) is 57.6 Å². The first-order valence-electron chi connectivity index (χ1n) is 9.99. The third kappa shape index (κ3) is 4.97.